The molecule has 12 heteroatoms. The van der Waals surface area contributed by atoms with E-state index >= 15 is 0 Å². The molecular weight excluding hydrogens is 583 g/mol. The number of carbonyl (C=O) groups excluding carboxylic acids is 1. The zero-order valence-corrected chi connectivity index (χ0v) is 26.9. The number of aromatic nitrogens is 2. The van der Waals surface area contributed by atoms with Gasteiger partial charge in [-0.3, -0.25) is 14.8 Å². The van der Waals surface area contributed by atoms with Gasteiger partial charge < -0.3 is 23.7 Å². The van der Waals surface area contributed by atoms with Gasteiger partial charge in [-0.15, -0.1) is 0 Å². The van der Waals surface area contributed by atoms with E-state index in [1.165, 1.54) is 0 Å². The van der Waals surface area contributed by atoms with Gasteiger partial charge in [0.1, 0.15) is 23.3 Å². The van der Waals surface area contributed by atoms with Crippen LogP contribution in [0.5, 0.6) is 5.75 Å². The lowest BCUT2D eigenvalue weighted by atomic mass is 9.78. The van der Waals surface area contributed by atoms with Crippen molar-refractivity contribution in [3.05, 3.63) is 89.8 Å². The van der Waals surface area contributed by atoms with Gasteiger partial charge in [0.15, 0.2) is 5.70 Å². The second kappa shape index (κ2) is 12.8. The highest BCUT2D eigenvalue weighted by Crippen LogP contribution is 2.37. The molecule has 6 rings (SSSR count). The summed E-state index contributed by atoms with van der Waals surface area (Å²) in [6.07, 6.45) is 1.78. The maximum atomic E-state index is 12.9. The molecule has 2 aliphatic rings. The SMILES string of the molecule is COc1ccc(Cn2nc(C(=C[NH2+]c3ccc(C(=O)N4CCOCC4)cc3)N=N)c3cc(B4OC(C)(C)C(C)(C)O4)ccc32)cc1. The number of hydrogen-bond acceptors (Lipinski definition) is 8. The number of carbonyl (C=O) groups is 1. The standard InChI is InChI=1S/C34H39BN6O5/c1-33(2)34(3,4)46-35(45-33)25-10-15-30-28(20-25)31(39-41(30)22-23-6-13-27(43-5)14-7-23)29(38-36)21-37-26-11-8-24(9-12-26)32(42)40-16-18-44-19-17-40/h6-15,20-21,36-37H,16-19,22H2,1-5H3/p+1. The Hall–Kier alpha value is -4.36. The predicted octanol–water partition coefficient (Wildman–Crippen LogP) is 4.09. The van der Waals surface area contributed by atoms with E-state index in [0.29, 0.717) is 49.8 Å². The molecule has 3 aromatic carbocycles. The number of rotatable bonds is 9. The lowest BCUT2D eigenvalue weighted by Crippen LogP contribution is -2.71. The van der Waals surface area contributed by atoms with E-state index < -0.39 is 18.3 Å². The van der Waals surface area contributed by atoms with Gasteiger partial charge in [0, 0.05) is 36.2 Å². The van der Waals surface area contributed by atoms with Crippen LogP contribution in [0.25, 0.3) is 16.6 Å². The maximum Gasteiger partial charge on any atom is 0.494 e. The third-order valence-corrected chi connectivity index (χ3v) is 9.04. The van der Waals surface area contributed by atoms with Crippen molar-refractivity contribution in [2.24, 2.45) is 5.11 Å². The van der Waals surface area contributed by atoms with Crippen LogP contribution in [0.2, 0.25) is 0 Å². The van der Waals surface area contributed by atoms with Gasteiger partial charge in [0.2, 0.25) is 0 Å². The topological polar surface area (TPSA) is 128 Å². The molecule has 2 saturated heterocycles. The van der Waals surface area contributed by atoms with Gasteiger partial charge >= 0.3 is 7.12 Å². The van der Waals surface area contributed by atoms with E-state index in [4.69, 9.17) is 29.4 Å². The fourth-order valence-corrected chi connectivity index (χ4v) is 5.57. The Bertz CT molecular complexity index is 1750. The fourth-order valence-electron chi connectivity index (χ4n) is 5.57. The van der Waals surface area contributed by atoms with Crippen molar-refractivity contribution in [2.45, 2.75) is 45.4 Å². The van der Waals surface area contributed by atoms with Crippen molar-refractivity contribution < 1.29 is 28.9 Å². The van der Waals surface area contributed by atoms with E-state index in [-0.39, 0.29) is 5.91 Å². The van der Waals surface area contributed by atoms with Crippen LogP contribution >= 0.6 is 0 Å². The summed E-state index contributed by atoms with van der Waals surface area (Å²) in [5.41, 5.74) is 12.4. The largest absolute Gasteiger partial charge is 0.497 e. The average molecular weight is 624 g/mol. The van der Waals surface area contributed by atoms with Crippen LogP contribution in [0.15, 0.2) is 78.0 Å². The summed E-state index contributed by atoms with van der Waals surface area (Å²) in [5.74, 6) is 0.785. The molecule has 0 spiro atoms. The number of nitrogens with one attached hydrogen (secondary N) is 1. The maximum absolute atomic E-state index is 12.9. The number of amides is 1. The Morgan fingerprint density at radius 1 is 1.02 bits per heavy atom. The van der Waals surface area contributed by atoms with Gasteiger partial charge in [0.25, 0.3) is 5.91 Å². The zero-order chi connectivity index (χ0) is 32.5. The normalized spacial score (nSPS) is 17.8. The number of hydrogen-bond donors (Lipinski definition) is 2. The second-order valence-electron chi connectivity index (χ2n) is 12.6. The van der Waals surface area contributed by atoms with Crippen molar-refractivity contribution in [1.29, 1.82) is 5.53 Å². The molecule has 0 saturated carbocycles. The number of ether oxygens (including phenoxy) is 2. The van der Waals surface area contributed by atoms with E-state index in [0.717, 1.165) is 33.4 Å². The average Bonchev–Trinajstić information content (AvgIpc) is 3.53. The highest BCUT2D eigenvalue weighted by molar-refractivity contribution is 6.62. The number of morpholine rings is 1. The quantitative estimate of drug-likeness (QED) is 0.164. The number of nitrogens with two attached hydrogens (primary N) is 1. The summed E-state index contributed by atoms with van der Waals surface area (Å²) < 4.78 is 25.3. The third kappa shape index (κ3) is 6.34. The molecule has 4 aromatic rings. The van der Waals surface area contributed by atoms with Crippen LogP contribution in [0, 0.1) is 5.53 Å². The fraction of sp³-hybridized carbons (Fsp3) is 0.353. The smallest absolute Gasteiger partial charge is 0.494 e. The van der Waals surface area contributed by atoms with Crippen LogP contribution in [-0.2, 0) is 20.6 Å². The highest BCUT2D eigenvalue weighted by Gasteiger charge is 2.51. The molecule has 46 heavy (non-hydrogen) atoms. The van der Waals surface area contributed by atoms with E-state index in [1.807, 2.05) is 109 Å². The minimum Gasteiger partial charge on any atom is -0.497 e. The molecule has 2 fully saturated rings. The number of methoxy groups -OCH3 is 1. The molecular formula is C34H40BN6O5+. The first-order valence-electron chi connectivity index (χ1n) is 15.5. The summed E-state index contributed by atoms with van der Waals surface area (Å²) >= 11 is 0. The predicted molar refractivity (Wildman–Crippen MR) is 175 cm³/mol. The number of fused-ring (bicyclic) bond motifs is 1. The molecule has 3 N–H and O–H groups in total. The molecule has 238 valence electrons. The van der Waals surface area contributed by atoms with Crippen LogP contribution in [-0.4, -0.2) is 72.3 Å². The first-order valence-corrected chi connectivity index (χ1v) is 15.5. The van der Waals surface area contributed by atoms with Crippen LogP contribution in [0.1, 0.15) is 49.3 Å². The summed E-state index contributed by atoms with van der Waals surface area (Å²) in [5, 5.41) is 11.6. The first kappa shape index (κ1) is 31.6. The van der Waals surface area contributed by atoms with Crippen LogP contribution in [0.3, 0.4) is 0 Å². The lowest BCUT2D eigenvalue weighted by Gasteiger charge is -2.32. The molecule has 0 aliphatic carbocycles. The number of quaternary nitrogens is 1. The van der Waals surface area contributed by atoms with Crippen LogP contribution in [0.4, 0.5) is 5.69 Å². The van der Waals surface area contributed by atoms with Crippen LogP contribution < -0.4 is 15.5 Å². The van der Waals surface area contributed by atoms with E-state index in [2.05, 4.69) is 5.11 Å². The van der Waals surface area contributed by atoms with Gasteiger partial charge in [-0.2, -0.15) is 10.2 Å². The summed E-state index contributed by atoms with van der Waals surface area (Å²) in [6, 6.07) is 21.4. The van der Waals surface area contributed by atoms with Crippen molar-refractivity contribution in [3.8, 4) is 5.75 Å². The van der Waals surface area contributed by atoms with Gasteiger partial charge in [-0.25, -0.2) is 5.53 Å². The monoisotopic (exact) mass is 623 g/mol. The molecule has 1 aromatic heterocycles. The molecule has 11 nitrogen and oxygen atoms in total. The van der Waals surface area contributed by atoms with Gasteiger partial charge in [-0.05, 0) is 69.1 Å². The zero-order valence-electron chi connectivity index (χ0n) is 26.9. The minimum absolute atomic E-state index is 0.00101. The molecule has 3 heterocycles. The highest BCUT2D eigenvalue weighted by atomic mass is 16.7. The molecule has 0 unspecified atom stereocenters. The van der Waals surface area contributed by atoms with E-state index in [1.54, 1.807) is 13.3 Å². The third-order valence-electron chi connectivity index (χ3n) is 9.04. The Morgan fingerprint density at radius 3 is 2.33 bits per heavy atom. The molecule has 0 bridgehead atoms. The second-order valence-corrected chi connectivity index (χ2v) is 12.6. The van der Waals surface area contributed by atoms with Crippen molar-refractivity contribution in [2.75, 3.05) is 33.4 Å². The minimum atomic E-state index is -0.544. The summed E-state index contributed by atoms with van der Waals surface area (Å²) in [6.45, 7) is 11.0. The summed E-state index contributed by atoms with van der Waals surface area (Å²) in [7, 11) is 1.10. The lowest BCUT2D eigenvalue weighted by molar-refractivity contribution is -0.495. The molecule has 0 atom stereocenters. The Morgan fingerprint density at radius 2 is 1.70 bits per heavy atom. The number of benzene rings is 3. The van der Waals surface area contributed by atoms with Crippen molar-refractivity contribution >= 4 is 40.8 Å². The number of nitrogens with zero attached hydrogens (tertiary/aromatic N) is 4. The Balaban J connectivity index is 1.31. The Labute approximate surface area is 269 Å². The van der Waals surface area contributed by atoms with Crippen molar-refractivity contribution in [3.63, 3.8) is 0 Å². The molecule has 0 radical (unpaired) electrons. The first-order chi connectivity index (χ1) is 22.1. The van der Waals surface area contributed by atoms with E-state index in [9.17, 15) is 4.79 Å². The van der Waals surface area contributed by atoms with Gasteiger partial charge in [-0.1, -0.05) is 24.3 Å². The Kier molecular flexibility index (Phi) is 8.80. The van der Waals surface area contributed by atoms with Gasteiger partial charge in [0.05, 0.1) is 43.6 Å². The molecule has 2 aliphatic heterocycles. The van der Waals surface area contributed by atoms with Crippen molar-refractivity contribution in [1.82, 2.24) is 14.7 Å². The summed E-state index contributed by atoms with van der Waals surface area (Å²) in [4.78, 5) is 14.7. The molecule has 1 amide bonds.